The molecule has 1 heteroatoms. The number of hydrogen-bond acceptors (Lipinski definition) is 1. The van der Waals surface area contributed by atoms with E-state index in [9.17, 15) is 5.11 Å². The average molecular weight is 399 g/mol. The predicted octanol–water partition coefficient (Wildman–Crippen LogP) is 7.55. The van der Waals surface area contributed by atoms with Gasteiger partial charge < -0.3 is 5.11 Å². The van der Waals surface area contributed by atoms with E-state index in [2.05, 4.69) is 47.3 Å². The van der Waals surface area contributed by atoms with Crippen molar-refractivity contribution in [3.63, 3.8) is 0 Å². The first kappa shape index (κ1) is 21.7. The van der Waals surface area contributed by atoms with Crippen molar-refractivity contribution in [3.05, 3.63) is 23.8 Å². The van der Waals surface area contributed by atoms with Crippen LogP contribution in [0.1, 0.15) is 98.8 Å². The van der Waals surface area contributed by atoms with Crippen LogP contribution in [0.2, 0.25) is 0 Å². The summed E-state index contributed by atoms with van der Waals surface area (Å²) in [4.78, 5) is 0. The number of fused-ring (bicyclic) bond motifs is 5. The van der Waals surface area contributed by atoms with Gasteiger partial charge in [-0.05, 0) is 124 Å². The minimum atomic E-state index is -0.0223. The smallest absolute Gasteiger partial charge is 0.0543 e. The molecule has 1 N–H and O–H groups in total. The van der Waals surface area contributed by atoms with Crippen molar-refractivity contribution in [1.29, 1.82) is 0 Å². The quantitative estimate of drug-likeness (QED) is 0.484. The topological polar surface area (TPSA) is 20.2 Å². The average Bonchev–Trinajstić information content (AvgIpc) is 3.03. The van der Waals surface area contributed by atoms with Gasteiger partial charge in [0.2, 0.25) is 0 Å². The molecule has 4 aliphatic carbocycles. The highest BCUT2D eigenvalue weighted by Crippen LogP contribution is 2.68. The molecule has 29 heavy (non-hydrogen) atoms. The Hall–Kier alpha value is -0.560. The first-order valence-electron chi connectivity index (χ1n) is 12.7. The fourth-order valence-corrected chi connectivity index (χ4v) is 8.91. The molecule has 0 spiro atoms. The van der Waals surface area contributed by atoms with Crippen LogP contribution in [0.15, 0.2) is 23.8 Å². The van der Waals surface area contributed by atoms with E-state index in [1.54, 1.807) is 0 Å². The van der Waals surface area contributed by atoms with Gasteiger partial charge in [0.1, 0.15) is 0 Å². The van der Waals surface area contributed by atoms with Gasteiger partial charge in [-0.3, -0.25) is 0 Å². The second-order valence-electron chi connectivity index (χ2n) is 12.2. The molecular weight excluding hydrogens is 352 g/mol. The number of hydrogen-bond donors (Lipinski definition) is 1. The van der Waals surface area contributed by atoms with Gasteiger partial charge in [-0.1, -0.05) is 44.6 Å². The number of aliphatic hydroxyl groups is 1. The summed E-state index contributed by atoms with van der Waals surface area (Å²) >= 11 is 0. The molecule has 0 saturated heterocycles. The van der Waals surface area contributed by atoms with Gasteiger partial charge in [-0.25, -0.2) is 0 Å². The van der Waals surface area contributed by atoms with Crippen molar-refractivity contribution in [3.8, 4) is 0 Å². The molecule has 0 aliphatic heterocycles. The number of aliphatic hydroxyl groups excluding tert-OH is 1. The third kappa shape index (κ3) is 3.58. The van der Waals surface area contributed by atoms with Crippen LogP contribution in [0, 0.1) is 46.3 Å². The molecular formula is C28H46O. The standard InChI is InChI=1S/C28H46O/c1-18(2)19(3)7-8-20(4)24-11-12-25-23-10-9-21-17-22(29)13-15-27(21,5)26(23)14-16-28(24,25)6/h7,20-26,29H,1,8-17H2,2-6H3/t20-,21?,22+,23+,24-,25+,26+,27+,28-/m1/s1. The molecule has 1 unspecified atom stereocenters. The fourth-order valence-electron chi connectivity index (χ4n) is 8.91. The molecule has 0 aromatic heterocycles. The fraction of sp³-hybridized carbons (Fsp3) is 0.857. The summed E-state index contributed by atoms with van der Waals surface area (Å²) in [5, 5.41) is 10.3. The Bertz CT molecular complexity index is 661. The van der Waals surface area contributed by atoms with E-state index in [4.69, 9.17) is 0 Å². The summed E-state index contributed by atoms with van der Waals surface area (Å²) in [6.45, 7) is 16.3. The Kier molecular flexibility index (Phi) is 5.86. The highest BCUT2D eigenvalue weighted by Gasteiger charge is 2.60. The van der Waals surface area contributed by atoms with Gasteiger partial charge in [-0.2, -0.15) is 0 Å². The molecule has 0 aromatic rings. The first-order valence-corrected chi connectivity index (χ1v) is 12.7. The highest BCUT2D eigenvalue weighted by molar-refractivity contribution is 5.23. The summed E-state index contributed by atoms with van der Waals surface area (Å²) in [6, 6.07) is 0. The lowest BCUT2D eigenvalue weighted by atomic mass is 9.44. The molecule has 4 saturated carbocycles. The lowest BCUT2D eigenvalue weighted by Gasteiger charge is -2.61. The van der Waals surface area contributed by atoms with Crippen molar-refractivity contribution in [2.45, 2.75) is 105 Å². The Morgan fingerprint density at radius 1 is 1.00 bits per heavy atom. The Labute approximate surface area is 180 Å². The summed E-state index contributed by atoms with van der Waals surface area (Å²) in [5.74, 6) is 5.28. The van der Waals surface area contributed by atoms with Crippen LogP contribution in [0.4, 0.5) is 0 Å². The Morgan fingerprint density at radius 3 is 2.41 bits per heavy atom. The van der Waals surface area contributed by atoms with Crippen molar-refractivity contribution < 1.29 is 5.11 Å². The van der Waals surface area contributed by atoms with Crippen LogP contribution in [0.25, 0.3) is 0 Å². The zero-order chi connectivity index (χ0) is 21.0. The van der Waals surface area contributed by atoms with Gasteiger partial charge in [0.05, 0.1) is 6.10 Å². The summed E-state index contributed by atoms with van der Waals surface area (Å²) in [7, 11) is 0. The van der Waals surface area contributed by atoms with Gasteiger partial charge >= 0.3 is 0 Å². The minimum Gasteiger partial charge on any atom is -0.393 e. The lowest BCUT2D eigenvalue weighted by molar-refractivity contribution is -0.129. The first-order chi connectivity index (χ1) is 13.7. The van der Waals surface area contributed by atoms with Gasteiger partial charge in [0, 0.05) is 0 Å². The molecule has 4 fully saturated rings. The molecule has 9 atom stereocenters. The van der Waals surface area contributed by atoms with E-state index in [0.29, 0.717) is 10.8 Å². The summed E-state index contributed by atoms with van der Waals surface area (Å²) in [5.41, 5.74) is 3.67. The third-order valence-corrected chi connectivity index (χ3v) is 10.9. The van der Waals surface area contributed by atoms with Crippen LogP contribution in [-0.4, -0.2) is 11.2 Å². The summed E-state index contributed by atoms with van der Waals surface area (Å²) < 4.78 is 0. The Morgan fingerprint density at radius 2 is 1.69 bits per heavy atom. The van der Waals surface area contributed by atoms with Gasteiger partial charge in [-0.15, -0.1) is 0 Å². The molecule has 0 amide bonds. The molecule has 1 nitrogen and oxygen atoms in total. The maximum absolute atomic E-state index is 10.3. The van der Waals surface area contributed by atoms with E-state index in [-0.39, 0.29) is 6.10 Å². The SMILES string of the molecule is C=C(C)C(C)=CC[C@@H](C)[C@H]1CC[C@H]2[C@@H]3CCC4C[C@@H](O)CC[C@]4(C)[C@H]3CC[C@]12C. The van der Waals surface area contributed by atoms with E-state index < -0.39 is 0 Å². The molecule has 0 radical (unpaired) electrons. The van der Waals surface area contributed by atoms with E-state index in [1.807, 2.05) is 0 Å². The maximum Gasteiger partial charge on any atom is 0.0543 e. The van der Waals surface area contributed by atoms with Crippen LogP contribution < -0.4 is 0 Å². The monoisotopic (exact) mass is 398 g/mol. The molecule has 4 rings (SSSR count). The highest BCUT2D eigenvalue weighted by atomic mass is 16.3. The lowest BCUT2D eigenvalue weighted by Crippen LogP contribution is -2.54. The minimum absolute atomic E-state index is 0.0223. The zero-order valence-electron chi connectivity index (χ0n) is 19.8. The molecule has 0 heterocycles. The predicted molar refractivity (Wildman–Crippen MR) is 124 cm³/mol. The van der Waals surface area contributed by atoms with Crippen LogP contribution in [0.3, 0.4) is 0 Å². The van der Waals surface area contributed by atoms with Gasteiger partial charge in [0.25, 0.3) is 0 Å². The molecule has 4 aliphatic rings. The van der Waals surface area contributed by atoms with Crippen LogP contribution >= 0.6 is 0 Å². The van der Waals surface area contributed by atoms with Crippen molar-refractivity contribution in [2.75, 3.05) is 0 Å². The summed E-state index contributed by atoms with van der Waals surface area (Å²) in [6.07, 6.45) is 15.7. The second kappa shape index (κ2) is 7.85. The van der Waals surface area contributed by atoms with Crippen molar-refractivity contribution >= 4 is 0 Å². The normalized spacial score (nSPS) is 48.4. The van der Waals surface area contributed by atoms with E-state index in [0.717, 1.165) is 48.3 Å². The van der Waals surface area contributed by atoms with Crippen molar-refractivity contribution in [1.82, 2.24) is 0 Å². The number of rotatable bonds is 4. The van der Waals surface area contributed by atoms with Crippen LogP contribution in [0.5, 0.6) is 0 Å². The second-order valence-corrected chi connectivity index (χ2v) is 12.2. The maximum atomic E-state index is 10.3. The van der Waals surface area contributed by atoms with Gasteiger partial charge in [0.15, 0.2) is 0 Å². The third-order valence-electron chi connectivity index (χ3n) is 10.9. The zero-order valence-corrected chi connectivity index (χ0v) is 19.8. The van der Waals surface area contributed by atoms with Crippen LogP contribution in [-0.2, 0) is 0 Å². The molecule has 164 valence electrons. The van der Waals surface area contributed by atoms with Crippen molar-refractivity contribution in [2.24, 2.45) is 46.3 Å². The van der Waals surface area contributed by atoms with E-state index >= 15 is 0 Å². The molecule has 0 bridgehead atoms. The van der Waals surface area contributed by atoms with E-state index in [1.165, 1.54) is 62.5 Å². The Balaban J connectivity index is 1.50. The largest absolute Gasteiger partial charge is 0.393 e. The molecule has 0 aromatic carbocycles. The number of allylic oxidation sites excluding steroid dienone is 3.